The van der Waals surface area contributed by atoms with Crippen molar-refractivity contribution in [2.24, 2.45) is 5.92 Å². The highest BCUT2D eigenvalue weighted by atomic mass is 16.5. The first-order chi connectivity index (χ1) is 13.3. The second-order valence-corrected chi connectivity index (χ2v) is 6.65. The fraction of sp³-hybridized carbons (Fsp3) is 0.318. The molecule has 2 rings (SSSR count). The zero-order valence-electron chi connectivity index (χ0n) is 16.5. The molecule has 0 radical (unpaired) electrons. The van der Waals surface area contributed by atoms with Crippen LogP contribution in [0.4, 0.5) is 0 Å². The fourth-order valence-electron chi connectivity index (χ4n) is 2.53. The van der Waals surface area contributed by atoms with Crippen LogP contribution in [0.2, 0.25) is 0 Å². The summed E-state index contributed by atoms with van der Waals surface area (Å²) in [5, 5.41) is 2.73. The minimum Gasteiger partial charge on any atom is -0.494 e. The van der Waals surface area contributed by atoms with Gasteiger partial charge in [0.25, 0.3) is 5.91 Å². The number of hydrogen-bond acceptors (Lipinski definition) is 5. The molecular weight excluding hydrogens is 358 g/mol. The first-order valence-electron chi connectivity index (χ1n) is 9.18. The summed E-state index contributed by atoms with van der Waals surface area (Å²) in [5.74, 6) is -0.185. The number of Topliss-reactive ketones (excluding diaryl/α,β-unsaturated/α-hetero) is 1. The van der Waals surface area contributed by atoms with Gasteiger partial charge in [0, 0.05) is 11.1 Å². The van der Waals surface area contributed by atoms with Gasteiger partial charge in [-0.1, -0.05) is 13.8 Å². The van der Waals surface area contributed by atoms with E-state index in [-0.39, 0.29) is 17.6 Å². The molecule has 0 saturated carbocycles. The second kappa shape index (κ2) is 9.69. The SMILES string of the molecule is CCOc1ccc(C(=O)N[C@H](C(=O)Oc2ccc(C(C)=O)cc2)C(C)C)cc1. The maximum Gasteiger partial charge on any atom is 0.334 e. The first-order valence-corrected chi connectivity index (χ1v) is 9.18. The van der Waals surface area contributed by atoms with Crippen LogP contribution in [0.1, 0.15) is 48.4 Å². The normalized spacial score (nSPS) is 11.6. The molecule has 2 aromatic carbocycles. The molecule has 1 N–H and O–H groups in total. The molecule has 148 valence electrons. The Kier molecular flexibility index (Phi) is 7.32. The summed E-state index contributed by atoms with van der Waals surface area (Å²) in [4.78, 5) is 36.4. The topological polar surface area (TPSA) is 81.7 Å². The average molecular weight is 383 g/mol. The van der Waals surface area contributed by atoms with Gasteiger partial charge in [-0.25, -0.2) is 4.79 Å². The van der Waals surface area contributed by atoms with Crippen LogP contribution in [0.3, 0.4) is 0 Å². The van der Waals surface area contributed by atoms with Crippen LogP contribution in [-0.2, 0) is 4.79 Å². The molecule has 6 heteroatoms. The van der Waals surface area contributed by atoms with Crippen molar-refractivity contribution in [3.63, 3.8) is 0 Å². The van der Waals surface area contributed by atoms with E-state index in [1.165, 1.54) is 6.92 Å². The van der Waals surface area contributed by atoms with Gasteiger partial charge in [0.1, 0.15) is 17.5 Å². The summed E-state index contributed by atoms with van der Waals surface area (Å²) in [6.07, 6.45) is 0. The van der Waals surface area contributed by atoms with Gasteiger partial charge in [0.05, 0.1) is 6.61 Å². The Bertz CT molecular complexity index is 825. The molecule has 0 fully saturated rings. The van der Waals surface area contributed by atoms with Crippen LogP contribution in [0.5, 0.6) is 11.5 Å². The Morgan fingerprint density at radius 2 is 1.43 bits per heavy atom. The molecule has 2 aromatic rings. The van der Waals surface area contributed by atoms with Crippen molar-refractivity contribution < 1.29 is 23.9 Å². The van der Waals surface area contributed by atoms with Gasteiger partial charge < -0.3 is 14.8 Å². The van der Waals surface area contributed by atoms with Crippen molar-refractivity contribution in [3.05, 3.63) is 59.7 Å². The van der Waals surface area contributed by atoms with Crippen LogP contribution in [-0.4, -0.2) is 30.3 Å². The third kappa shape index (κ3) is 5.67. The highest BCUT2D eigenvalue weighted by Crippen LogP contribution is 2.16. The molecule has 1 amide bonds. The van der Waals surface area contributed by atoms with E-state index in [1.807, 2.05) is 20.8 Å². The van der Waals surface area contributed by atoms with Crippen LogP contribution in [0.15, 0.2) is 48.5 Å². The van der Waals surface area contributed by atoms with Crippen molar-refractivity contribution in [1.82, 2.24) is 5.32 Å². The maximum atomic E-state index is 12.6. The monoisotopic (exact) mass is 383 g/mol. The zero-order valence-corrected chi connectivity index (χ0v) is 16.5. The minimum absolute atomic E-state index is 0.0689. The van der Waals surface area contributed by atoms with E-state index in [2.05, 4.69) is 5.32 Å². The third-order valence-corrected chi connectivity index (χ3v) is 4.11. The first kappa shape index (κ1) is 21.2. The van der Waals surface area contributed by atoms with Crippen molar-refractivity contribution in [1.29, 1.82) is 0 Å². The van der Waals surface area contributed by atoms with Crippen LogP contribution in [0, 0.1) is 5.92 Å². The van der Waals surface area contributed by atoms with E-state index < -0.39 is 12.0 Å². The molecule has 0 aliphatic rings. The Morgan fingerprint density at radius 1 is 0.893 bits per heavy atom. The van der Waals surface area contributed by atoms with E-state index in [9.17, 15) is 14.4 Å². The van der Waals surface area contributed by atoms with E-state index in [1.54, 1.807) is 48.5 Å². The predicted octanol–water partition coefficient (Wildman–Crippen LogP) is 3.65. The van der Waals surface area contributed by atoms with E-state index >= 15 is 0 Å². The number of ketones is 1. The Morgan fingerprint density at radius 3 is 1.93 bits per heavy atom. The summed E-state index contributed by atoms with van der Waals surface area (Å²) in [6.45, 7) is 7.53. The van der Waals surface area contributed by atoms with Crippen LogP contribution < -0.4 is 14.8 Å². The number of hydrogen-bond donors (Lipinski definition) is 1. The molecule has 0 spiro atoms. The summed E-state index contributed by atoms with van der Waals surface area (Å²) in [6, 6.07) is 12.2. The molecule has 6 nitrogen and oxygen atoms in total. The Hall–Kier alpha value is -3.15. The van der Waals surface area contributed by atoms with Crippen molar-refractivity contribution in [2.75, 3.05) is 6.61 Å². The molecule has 0 aliphatic heterocycles. The van der Waals surface area contributed by atoms with E-state index in [0.29, 0.717) is 29.2 Å². The van der Waals surface area contributed by atoms with Gasteiger partial charge in [-0.2, -0.15) is 0 Å². The highest BCUT2D eigenvalue weighted by Gasteiger charge is 2.26. The van der Waals surface area contributed by atoms with Gasteiger partial charge >= 0.3 is 5.97 Å². The number of esters is 1. The molecule has 0 bridgehead atoms. The van der Waals surface area contributed by atoms with E-state index in [4.69, 9.17) is 9.47 Å². The molecule has 0 heterocycles. The summed E-state index contributed by atoms with van der Waals surface area (Å²) in [5.41, 5.74) is 0.955. The molecule has 0 unspecified atom stereocenters. The van der Waals surface area contributed by atoms with Crippen LogP contribution in [0.25, 0.3) is 0 Å². The Balaban J connectivity index is 2.05. The number of amides is 1. The lowest BCUT2D eigenvalue weighted by Gasteiger charge is -2.21. The molecule has 1 atom stereocenters. The fourth-order valence-corrected chi connectivity index (χ4v) is 2.53. The number of carbonyl (C=O) groups is 3. The van der Waals surface area contributed by atoms with Gasteiger partial charge in [-0.3, -0.25) is 9.59 Å². The standard InChI is InChI=1S/C22H25NO5/c1-5-27-18-10-8-17(9-11-18)21(25)23-20(14(2)3)22(26)28-19-12-6-16(7-13-19)15(4)24/h6-14,20H,5H2,1-4H3,(H,23,25)/t20-/m0/s1. The highest BCUT2D eigenvalue weighted by molar-refractivity contribution is 5.97. The molecule has 28 heavy (non-hydrogen) atoms. The lowest BCUT2D eigenvalue weighted by atomic mass is 10.0. The van der Waals surface area contributed by atoms with Crippen molar-refractivity contribution in [2.45, 2.75) is 33.7 Å². The number of ether oxygens (including phenoxy) is 2. The van der Waals surface area contributed by atoms with E-state index in [0.717, 1.165) is 0 Å². The Labute approximate surface area is 164 Å². The van der Waals surface area contributed by atoms with Gasteiger partial charge in [0.2, 0.25) is 0 Å². The second-order valence-electron chi connectivity index (χ2n) is 6.65. The lowest BCUT2D eigenvalue weighted by molar-refractivity contribution is -0.137. The summed E-state index contributed by atoms with van der Waals surface area (Å²) < 4.78 is 10.7. The molecule has 0 saturated heterocycles. The summed E-state index contributed by atoms with van der Waals surface area (Å²) >= 11 is 0. The number of benzene rings is 2. The third-order valence-electron chi connectivity index (χ3n) is 4.11. The van der Waals surface area contributed by atoms with Crippen LogP contribution >= 0.6 is 0 Å². The molecule has 0 aliphatic carbocycles. The van der Waals surface area contributed by atoms with Crippen molar-refractivity contribution >= 4 is 17.7 Å². The average Bonchev–Trinajstić information content (AvgIpc) is 2.66. The lowest BCUT2D eigenvalue weighted by Crippen LogP contribution is -2.46. The minimum atomic E-state index is -0.813. The molecule has 0 aromatic heterocycles. The number of carbonyl (C=O) groups excluding carboxylic acids is 3. The quantitative estimate of drug-likeness (QED) is 0.427. The smallest absolute Gasteiger partial charge is 0.334 e. The predicted molar refractivity (Wildman–Crippen MR) is 106 cm³/mol. The van der Waals surface area contributed by atoms with Crippen molar-refractivity contribution in [3.8, 4) is 11.5 Å². The van der Waals surface area contributed by atoms with Gasteiger partial charge in [-0.15, -0.1) is 0 Å². The maximum absolute atomic E-state index is 12.6. The summed E-state index contributed by atoms with van der Waals surface area (Å²) in [7, 11) is 0. The largest absolute Gasteiger partial charge is 0.494 e. The number of nitrogens with one attached hydrogen (secondary N) is 1. The molecular formula is C22H25NO5. The number of rotatable bonds is 8. The van der Waals surface area contributed by atoms with Gasteiger partial charge in [-0.05, 0) is 68.3 Å². The zero-order chi connectivity index (χ0) is 20.7. The van der Waals surface area contributed by atoms with Gasteiger partial charge in [0.15, 0.2) is 5.78 Å².